The van der Waals surface area contributed by atoms with Gasteiger partial charge in [0.05, 0.1) is 13.2 Å². The standard InChI is InChI=1S/C10H19BrO2/c1-2-3-4-5-6-10(11)13-8-9-7-12-9/h9-10H,2-8H2,1H3. The van der Waals surface area contributed by atoms with Crippen molar-refractivity contribution in [2.45, 2.75) is 50.1 Å². The van der Waals surface area contributed by atoms with Gasteiger partial charge in [-0.2, -0.15) is 0 Å². The highest BCUT2D eigenvalue weighted by atomic mass is 79.9. The van der Waals surface area contributed by atoms with Crippen LogP contribution in [0, 0.1) is 0 Å². The molecule has 2 unspecified atom stereocenters. The Morgan fingerprint density at radius 3 is 2.85 bits per heavy atom. The van der Waals surface area contributed by atoms with E-state index in [-0.39, 0.29) is 5.01 Å². The van der Waals surface area contributed by atoms with Gasteiger partial charge in [-0.05, 0) is 12.8 Å². The summed E-state index contributed by atoms with van der Waals surface area (Å²) in [6.07, 6.45) is 6.72. The van der Waals surface area contributed by atoms with E-state index in [1.165, 1.54) is 25.7 Å². The van der Waals surface area contributed by atoms with Crippen molar-refractivity contribution in [1.29, 1.82) is 0 Å². The minimum Gasteiger partial charge on any atom is -0.371 e. The van der Waals surface area contributed by atoms with E-state index in [4.69, 9.17) is 9.47 Å². The normalized spacial score (nSPS) is 23.1. The molecule has 0 aliphatic carbocycles. The predicted molar refractivity (Wildman–Crippen MR) is 57.2 cm³/mol. The highest BCUT2D eigenvalue weighted by Gasteiger charge is 2.23. The predicted octanol–water partition coefficient (Wildman–Crippen LogP) is 3.09. The molecule has 0 aromatic carbocycles. The molecule has 78 valence electrons. The van der Waals surface area contributed by atoms with Crippen LogP contribution in [-0.2, 0) is 9.47 Å². The maximum atomic E-state index is 5.54. The number of ether oxygens (including phenoxy) is 2. The fourth-order valence-electron chi connectivity index (χ4n) is 1.19. The Bertz CT molecular complexity index is 126. The van der Waals surface area contributed by atoms with Gasteiger partial charge in [0.25, 0.3) is 0 Å². The van der Waals surface area contributed by atoms with Crippen molar-refractivity contribution in [3.63, 3.8) is 0 Å². The van der Waals surface area contributed by atoms with E-state index in [1.807, 2.05) is 0 Å². The zero-order chi connectivity index (χ0) is 9.52. The van der Waals surface area contributed by atoms with Crippen molar-refractivity contribution in [1.82, 2.24) is 0 Å². The van der Waals surface area contributed by atoms with Crippen LogP contribution in [0.1, 0.15) is 39.0 Å². The van der Waals surface area contributed by atoms with Gasteiger partial charge in [-0.3, -0.25) is 0 Å². The molecular formula is C10H19BrO2. The molecule has 1 saturated heterocycles. The second-order valence-electron chi connectivity index (χ2n) is 3.55. The van der Waals surface area contributed by atoms with Crippen LogP contribution in [0.25, 0.3) is 0 Å². The molecule has 2 nitrogen and oxygen atoms in total. The van der Waals surface area contributed by atoms with Crippen LogP contribution in [0.4, 0.5) is 0 Å². The van der Waals surface area contributed by atoms with Gasteiger partial charge in [-0.25, -0.2) is 0 Å². The van der Waals surface area contributed by atoms with Crippen LogP contribution >= 0.6 is 15.9 Å². The largest absolute Gasteiger partial charge is 0.371 e. The summed E-state index contributed by atoms with van der Waals surface area (Å²) in [5.41, 5.74) is 0. The monoisotopic (exact) mass is 250 g/mol. The molecule has 13 heavy (non-hydrogen) atoms. The van der Waals surface area contributed by atoms with Gasteiger partial charge in [0.1, 0.15) is 11.1 Å². The lowest BCUT2D eigenvalue weighted by Crippen LogP contribution is -2.09. The molecule has 0 spiro atoms. The van der Waals surface area contributed by atoms with Gasteiger partial charge in [-0.1, -0.05) is 42.1 Å². The van der Waals surface area contributed by atoms with Gasteiger partial charge in [0.15, 0.2) is 0 Å². The Balaban J connectivity index is 1.81. The number of halogens is 1. The van der Waals surface area contributed by atoms with Gasteiger partial charge in [0, 0.05) is 0 Å². The zero-order valence-electron chi connectivity index (χ0n) is 8.30. The molecule has 1 aliphatic heterocycles. The van der Waals surface area contributed by atoms with Crippen molar-refractivity contribution < 1.29 is 9.47 Å². The van der Waals surface area contributed by atoms with Crippen molar-refractivity contribution >= 4 is 15.9 Å². The molecule has 1 heterocycles. The summed E-state index contributed by atoms with van der Waals surface area (Å²) in [6, 6.07) is 0. The average molecular weight is 251 g/mol. The van der Waals surface area contributed by atoms with Crippen LogP contribution < -0.4 is 0 Å². The van der Waals surface area contributed by atoms with E-state index in [2.05, 4.69) is 22.9 Å². The highest BCUT2D eigenvalue weighted by Crippen LogP contribution is 2.16. The van der Waals surface area contributed by atoms with E-state index in [0.29, 0.717) is 6.10 Å². The number of hydrogen-bond acceptors (Lipinski definition) is 2. The first-order valence-electron chi connectivity index (χ1n) is 5.20. The molecular weight excluding hydrogens is 232 g/mol. The summed E-state index contributed by atoms with van der Waals surface area (Å²) >= 11 is 3.51. The zero-order valence-corrected chi connectivity index (χ0v) is 9.88. The molecule has 0 radical (unpaired) electrons. The Morgan fingerprint density at radius 1 is 1.46 bits per heavy atom. The molecule has 1 fully saturated rings. The lowest BCUT2D eigenvalue weighted by molar-refractivity contribution is 0.0945. The minimum absolute atomic E-state index is 0.230. The Morgan fingerprint density at radius 2 is 2.23 bits per heavy atom. The van der Waals surface area contributed by atoms with E-state index in [1.54, 1.807) is 0 Å². The first kappa shape index (κ1) is 11.5. The first-order chi connectivity index (χ1) is 6.33. The highest BCUT2D eigenvalue weighted by molar-refractivity contribution is 9.09. The second kappa shape index (κ2) is 6.80. The third kappa shape index (κ3) is 6.47. The van der Waals surface area contributed by atoms with E-state index in [9.17, 15) is 0 Å². The van der Waals surface area contributed by atoms with E-state index in [0.717, 1.165) is 19.6 Å². The van der Waals surface area contributed by atoms with Crippen LogP contribution in [0.15, 0.2) is 0 Å². The van der Waals surface area contributed by atoms with Crippen LogP contribution in [0.2, 0.25) is 0 Å². The molecule has 0 aromatic rings. The maximum Gasteiger partial charge on any atom is 0.112 e. The number of hydrogen-bond donors (Lipinski definition) is 0. The number of unbranched alkanes of at least 4 members (excludes halogenated alkanes) is 3. The minimum atomic E-state index is 0.230. The molecule has 0 bridgehead atoms. The SMILES string of the molecule is CCCCCCC(Br)OCC1CO1. The smallest absolute Gasteiger partial charge is 0.112 e. The lowest BCUT2D eigenvalue weighted by atomic mass is 10.2. The van der Waals surface area contributed by atoms with Gasteiger partial charge in [0.2, 0.25) is 0 Å². The van der Waals surface area contributed by atoms with Gasteiger partial charge in [-0.15, -0.1) is 0 Å². The Labute approximate surface area is 89.1 Å². The van der Waals surface area contributed by atoms with Crippen molar-refractivity contribution in [2.75, 3.05) is 13.2 Å². The lowest BCUT2D eigenvalue weighted by Gasteiger charge is -2.09. The summed E-state index contributed by atoms with van der Waals surface area (Å²) in [4.78, 5) is 0. The number of rotatable bonds is 8. The van der Waals surface area contributed by atoms with Crippen LogP contribution in [-0.4, -0.2) is 24.3 Å². The second-order valence-corrected chi connectivity index (χ2v) is 4.57. The first-order valence-corrected chi connectivity index (χ1v) is 6.11. The molecule has 0 aromatic heterocycles. The van der Waals surface area contributed by atoms with Crippen LogP contribution in [0.5, 0.6) is 0 Å². The Kier molecular flexibility index (Phi) is 6.00. The van der Waals surface area contributed by atoms with Crippen molar-refractivity contribution in [3.05, 3.63) is 0 Å². The fraction of sp³-hybridized carbons (Fsp3) is 1.00. The maximum absolute atomic E-state index is 5.54. The van der Waals surface area contributed by atoms with Crippen molar-refractivity contribution in [2.24, 2.45) is 0 Å². The topological polar surface area (TPSA) is 21.8 Å². The third-order valence-electron chi connectivity index (χ3n) is 2.15. The summed E-state index contributed by atoms with van der Waals surface area (Å²) in [5, 5.41) is 0.230. The third-order valence-corrected chi connectivity index (χ3v) is 2.87. The molecule has 1 rings (SSSR count). The fourth-order valence-corrected chi connectivity index (χ4v) is 1.67. The molecule has 0 amide bonds. The molecule has 3 heteroatoms. The Hall–Kier alpha value is 0.400. The van der Waals surface area contributed by atoms with Crippen molar-refractivity contribution in [3.8, 4) is 0 Å². The molecule has 0 N–H and O–H groups in total. The summed E-state index contributed by atoms with van der Waals surface area (Å²) in [7, 11) is 0. The summed E-state index contributed by atoms with van der Waals surface area (Å²) < 4.78 is 10.6. The summed E-state index contributed by atoms with van der Waals surface area (Å²) in [5.74, 6) is 0. The molecule has 2 atom stereocenters. The van der Waals surface area contributed by atoms with Gasteiger partial charge < -0.3 is 9.47 Å². The van der Waals surface area contributed by atoms with E-state index < -0.39 is 0 Å². The molecule has 1 aliphatic rings. The number of alkyl halides is 1. The van der Waals surface area contributed by atoms with E-state index >= 15 is 0 Å². The molecule has 0 saturated carbocycles. The average Bonchev–Trinajstić information content (AvgIpc) is 2.92. The van der Waals surface area contributed by atoms with Gasteiger partial charge >= 0.3 is 0 Å². The number of epoxide rings is 1. The van der Waals surface area contributed by atoms with Crippen LogP contribution in [0.3, 0.4) is 0 Å². The quantitative estimate of drug-likeness (QED) is 0.375. The summed E-state index contributed by atoms with van der Waals surface area (Å²) in [6.45, 7) is 3.87.